The molecular formula is C15H24BrN3O2. The van der Waals surface area contributed by atoms with Crippen LogP contribution in [0.15, 0.2) is 27.7 Å². The lowest BCUT2D eigenvalue weighted by molar-refractivity contribution is 0.152. The highest BCUT2D eigenvalue weighted by Gasteiger charge is 2.02. The van der Waals surface area contributed by atoms with E-state index in [4.69, 9.17) is 9.47 Å². The van der Waals surface area contributed by atoms with E-state index in [9.17, 15) is 0 Å². The van der Waals surface area contributed by atoms with E-state index in [0.29, 0.717) is 13.2 Å². The van der Waals surface area contributed by atoms with Crippen LogP contribution in [0.1, 0.15) is 19.4 Å². The van der Waals surface area contributed by atoms with Crippen molar-refractivity contribution in [3.8, 4) is 5.75 Å². The highest BCUT2D eigenvalue weighted by molar-refractivity contribution is 9.10. The van der Waals surface area contributed by atoms with Crippen LogP contribution in [0.3, 0.4) is 0 Å². The van der Waals surface area contributed by atoms with E-state index in [-0.39, 0.29) is 0 Å². The number of hydrogen-bond acceptors (Lipinski definition) is 3. The number of hydrogen-bond donors (Lipinski definition) is 2. The highest BCUT2D eigenvalue weighted by Crippen LogP contribution is 2.25. The van der Waals surface area contributed by atoms with E-state index >= 15 is 0 Å². The molecule has 0 saturated carbocycles. The zero-order valence-corrected chi connectivity index (χ0v) is 14.5. The van der Waals surface area contributed by atoms with Crippen LogP contribution in [0.25, 0.3) is 0 Å². The molecule has 0 unspecified atom stereocenters. The SMILES string of the molecule is CCNC(=NCc1ccc(OC)c(Br)c1)NCCOCC. The van der Waals surface area contributed by atoms with Crippen molar-refractivity contribution >= 4 is 21.9 Å². The fourth-order valence-electron chi connectivity index (χ4n) is 1.71. The Balaban J connectivity index is 2.58. The Hall–Kier alpha value is -1.27. The first kappa shape index (κ1) is 17.8. The minimum absolute atomic E-state index is 0.604. The van der Waals surface area contributed by atoms with Gasteiger partial charge in [0.05, 0.1) is 24.7 Å². The lowest BCUT2D eigenvalue weighted by Gasteiger charge is -2.11. The molecule has 1 aromatic carbocycles. The van der Waals surface area contributed by atoms with Gasteiger partial charge >= 0.3 is 0 Å². The van der Waals surface area contributed by atoms with Gasteiger partial charge in [-0.2, -0.15) is 0 Å². The number of benzene rings is 1. The molecule has 2 N–H and O–H groups in total. The summed E-state index contributed by atoms with van der Waals surface area (Å²) >= 11 is 3.48. The van der Waals surface area contributed by atoms with Crippen molar-refractivity contribution in [2.75, 3.05) is 33.4 Å². The summed E-state index contributed by atoms with van der Waals surface area (Å²) in [6.07, 6.45) is 0. The average Bonchev–Trinajstić information content (AvgIpc) is 2.49. The Morgan fingerprint density at radius 1 is 1.29 bits per heavy atom. The van der Waals surface area contributed by atoms with E-state index in [1.54, 1.807) is 7.11 Å². The largest absolute Gasteiger partial charge is 0.496 e. The third kappa shape index (κ3) is 6.82. The van der Waals surface area contributed by atoms with Crippen molar-refractivity contribution in [3.05, 3.63) is 28.2 Å². The molecule has 118 valence electrons. The van der Waals surface area contributed by atoms with E-state index in [1.807, 2.05) is 32.0 Å². The Labute approximate surface area is 135 Å². The molecule has 21 heavy (non-hydrogen) atoms. The standard InChI is InChI=1S/C15H24BrN3O2/c1-4-17-15(18-8-9-21-5-2)19-11-12-6-7-14(20-3)13(16)10-12/h6-7,10H,4-5,8-9,11H2,1-3H3,(H2,17,18,19). The van der Waals surface area contributed by atoms with Gasteiger partial charge < -0.3 is 20.1 Å². The predicted octanol–water partition coefficient (Wildman–Crippen LogP) is 2.55. The number of halogens is 1. The van der Waals surface area contributed by atoms with Crippen molar-refractivity contribution in [2.45, 2.75) is 20.4 Å². The zero-order valence-electron chi connectivity index (χ0n) is 12.9. The molecule has 5 nitrogen and oxygen atoms in total. The third-order valence-corrected chi connectivity index (χ3v) is 3.34. The van der Waals surface area contributed by atoms with Crippen LogP contribution < -0.4 is 15.4 Å². The van der Waals surface area contributed by atoms with Crippen LogP contribution >= 0.6 is 15.9 Å². The van der Waals surface area contributed by atoms with Crippen LogP contribution in [0.4, 0.5) is 0 Å². The fourth-order valence-corrected chi connectivity index (χ4v) is 2.29. The normalized spacial score (nSPS) is 11.3. The number of ether oxygens (including phenoxy) is 2. The second-order valence-electron chi connectivity index (χ2n) is 4.29. The Morgan fingerprint density at radius 3 is 2.71 bits per heavy atom. The number of methoxy groups -OCH3 is 1. The summed E-state index contributed by atoms with van der Waals surface area (Å²) < 4.78 is 11.5. The van der Waals surface area contributed by atoms with Gasteiger partial charge in [0.25, 0.3) is 0 Å². The van der Waals surface area contributed by atoms with E-state index in [0.717, 1.165) is 41.4 Å². The van der Waals surface area contributed by atoms with E-state index < -0.39 is 0 Å². The van der Waals surface area contributed by atoms with Gasteiger partial charge in [-0.3, -0.25) is 0 Å². The van der Waals surface area contributed by atoms with Gasteiger partial charge in [0.2, 0.25) is 0 Å². The first-order valence-corrected chi connectivity index (χ1v) is 7.92. The Bertz CT molecular complexity index is 453. The summed E-state index contributed by atoms with van der Waals surface area (Å²) in [7, 11) is 1.66. The van der Waals surface area contributed by atoms with Crippen LogP contribution in [-0.2, 0) is 11.3 Å². The predicted molar refractivity (Wildman–Crippen MR) is 90.0 cm³/mol. The van der Waals surface area contributed by atoms with Gasteiger partial charge in [-0.1, -0.05) is 6.07 Å². The maximum atomic E-state index is 5.30. The van der Waals surface area contributed by atoms with Gasteiger partial charge in [-0.05, 0) is 47.5 Å². The molecule has 6 heteroatoms. The number of nitrogens with one attached hydrogen (secondary N) is 2. The molecule has 0 aliphatic rings. The van der Waals surface area contributed by atoms with Gasteiger partial charge in [-0.15, -0.1) is 0 Å². The molecule has 0 aliphatic carbocycles. The summed E-state index contributed by atoms with van der Waals surface area (Å²) in [6, 6.07) is 5.97. The summed E-state index contributed by atoms with van der Waals surface area (Å²) in [5.41, 5.74) is 1.12. The molecule has 0 atom stereocenters. The number of guanidine groups is 1. The van der Waals surface area contributed by atoms with Crippen LogP contribution in [0.2, 0.25) is 0 Å². The maximum absolute atomic E-state index is 5.30. The number of rotatable bonds is 8. The monoisotopic (exact) mass is 357 g/mol. The summed E-state index contributed by atoms with van der Waals surface area (Å²) in [4.78, 5) is 4.56. The minimum atomic E-state index is 0.604. The third-order valence-electron chi connectivity index (χ3n) is 2.72. The molecule has 0 fully saturated rings. The molecular weight excluding hydrogens is 334 g/mol. The summed E-state index contributed by atoms with van der Waals surface area (Å²) in [5, 5.41) is 6.45. The lowest BCUT2D eigenvalue weighted by atomic mass is 10.2. The zero-order chi connectivity index (χ0) is 15.5. The molecule has 0 bridgehead atoms. The second kappa shape index (κ2) is 10.5. The average molecular weight is 358 g/mol. The lowest BCUT2D eigenvalue weighted by Crippen LogP contribution is -2.39. The molecule has 0 aromatic heterocycles. The Morgan fingerprint density at radius 2 is 2.10 bits per heavy atom. The summed E-state index contributed by atoms with van der Waals surface area (Å²) in [6.45, 7) is 7.61. The van der Waals surface area contributed by atoms with Gasteiger partial charge in [0.1, 0.15) is 5.75 Å². The Kier molecular flexibility index (Phi) is 8.85. The van der Waals surface area contributed by atoms with Gasteiger partial charge in [0, 0.05) is 19.7 Å². The van der Waals surface area contributed by atoms with E-state index in [2.05, 4.69) is 31.6 Å². The molecule has 0 aliphatic heterocycles. The molecule has 0 radical (unpaired) electrons. The molecule has 0 amide bonds. The van der Waals surface area contributed by atoms with Crippen molar-refractivity contribution in [1.29, 1.82) is 0 Å². The highest BCUT2D eigenvalue weighted by atomic mass is 79.9. The number of nitrogens with zero attached hydrogens (tertiary/aromatic N) is 1. The van der Waals surface area contributed by atoms with Crippen LogP contribution in [0.5, 0.6) is 5.75 Å². The fraction of sp³-hybridized carbons (Fsp3) is 0.533. The minimum Gasteiger partial charge on any atom is -0.496 e. The van der Waals surface area contributed by atoms with Crippen molar-refractivity contribution < 1.29 is 9.47 Å². The van der Waals surface area contributed by atoms with Gasteiger partial charge in [0.15, 0.2) is 5.96 Å². The van der Waals surface area contributed by atoms with Gasteiger partial charge in [-0.25, -0.2) is 4.99 Å². The van der Waals surface area contributed by atoms with Crippen molar-refractivity contribution in [2.24, 2.45) is 4.99 Å². The first-order chi connectivity index (χ1) is 10.2. The van der Waals surface area contributed by atoms with Crippen LogP contribution in [-0.4, -0.2) is 39.4 Å². The molecule has 1 aromatic rings. The van der Waals surface area contributed by atoms with E-state index in [1.165, 1.54) is 0 Å². The molecule has 0 spiro atoms. The topological polar surface area (TPSA) is 54.9 Å². The molecule has 0 saturated heterocycles. The smallest absolute Gasteiger partial charge is 0.191 e. The second-order valence-corrected chi connectivity index (χ2v) is 5.14. The van der Waals surface area contributed by atoms with Crippen molar-refractivity contribution in [3.63, 3.8) is 0 Å². The van der Waals surface area contributed by atoms with Crippen LogP contribution in [0, 0.1) is 0 Å². The maximum Gasteiger partial charge on any atom is 0.191 e. The van der Waals surface area contributed by atoms with Crippen molar-refractivity contribution in [1.82, 2.24) is 10.6 Å². The first-order valence-electron chi connectivity index (χ1n) is 7.13. The number of aliphatic imine (C=N–C) groups is 1. The molecule has 0 heterocycles. The summed E-state index contributed by atoms with van der Waals surface area (Å²) in [5.74, 6) is 1.62. The quantitative estimate of drug-likeness (QED) is 0.426. The molecule has 1 rings (SSSR count).